The molecule has 0 radical (unpaired) electrons. The van der Waals surface area contributed by atoms with E-state index in [1.54, 1.807) is 24.3 Å². The van der Waals surface area contributed by atoms with Gasteiger partial charge in [0.2, 0.25) is 5.91 Å². The minimum Gasteiger partial charge on any atom is -0.356 e. The fourth-order valence-electron chi connectivity index (χ4n) is 3.81. The zero-order chi connectivity index (χ0) is 22.7. The van der Waals surface area contributed by atoms with Crippen LogP contribution in [0.2, 0.25) is 0 Å². The number of benzene rings is 2. The molecule has 4 rings (SSSR count). The number of aromatic amines is 1. The molecule has 0 saturated carbocycles. The molecule has 2 aromatic carbocycles. The van der Waals surface area contributed by atoms with Crippen LogP contribution in [0, 0.1) is 13.8 Å². The van der Waals surface area contributed by atoms with Gasteiger partial charge < -0.3 is 5.32 Å². The number of hydrogen-bond donors (Lipinski definition) is 2. The molecule has 8 nitrogen and oxygen atoms in total. The maximum atomic E-state index is 12.3. The summed E-state index contributed by atoms with van der Waals surface area (Å²) in [6, 6.07) is 17.0. The second-order valence-corrected chi connectivity index (χ2v) is 7.78. The summed E-state index contributed by atoms with van der Waals surface area (Å²) < 4.78 is 3.33. The van der Waals surface area contributed by atoms with Crippen LogP contribution in [0.3, 0.4) is 0 Å². The quantitative estimate of drug-likeness (QED) is 0.469. The number of nitrogens with one attached hydrogen (secondary N) is 2. The van der Waals surface area contributed by atoms with Crippen LogP contribution in [-0.2, 0) is 17.8 Å². The molecule has 2 heterocycles. The number of carbonyl (C=O) groups is 1. The van der Waals surface area contributed by atoms with Crippen LogP contribution in [-0.4, -0.2) is 31.8 Å². The van der Waals surface area contributed by atoms with Crippen molar-refractivity contribution in [2.24, 2.45) is 0 Å². The third-order valence-electron chi connectivity index (χ3n) is 5.39. The van der Waals surface area contributed by atoms with Gasteiger partial charge >= 0.3 is 5.69 Å². The Bertz CT molecular complexity index is 1380. The van der Waals surface area contributed by atoms with Crippen LogP contribution in [0.4, 0.5) is 0 Å². The van der Waals surface area contributed by atoms with Gasteiger partial charge in [-0.1, -0.05) is 24.3 Å². The summed E-state index contributed by atoms with van der Waals surface area (Å²) >= 11 is 0. The molecule has 0 unspecified atom stereocenters. The predicted molar refractivity (Wildman–Crippen MR) is 123 cm³/mol. The van der Waals surface area contributed by atoms with Crippen molar-refractivity contribution < 1.29 is 4.79 Å². The van der Waals surface area contributed by atoms with Crippen molar-refractivity contribution >= 4 is 16.8 Å². The number of amides is 1. The third kappa shape index (κ3) is 4.54. The van der Waals surface area contributed by atoms with Crippen LogP contribution >= 0.6 is 0 Å². The lowest BCUT2D eigenvalue weighted by Crippen LogP contribution is -2.33. The Kier molecular flexibility index (Phi) is 6.02. The van der Waals surface area contributed by atoms with E-state index in [-0.39, 0.29) is 18.9 Å². The van der Waals surface area contributed by atoms with E-state index >= 15 is 0 Å². The average molecular weight is 431 g/mol. The highest BCUT2D eigenvalue weighted by Gasteiger charge is 2.09. The topological polar surface area (TPSA) is 102 Å². The van der Waals surface area contributed by atoms with Crippen LogP contribution in [0.25, 0.3) is 16.6 Å². The summed E-state index contributed by atoms with van der Waals surface area (Å²) in [5, 5.41) is 7.81. The van der Waals surface area contributed by atoms with E-state index in [0.717, 1.165) is 22.6 Å². The Morgan fingerprint density at radius 3 is 2.53 bits per heavy atom. The largest absolute Gasteiger partial charge is 0.356 e. The van der Waals surface area contributed by atoms with Gasteiger partial charge in [-0.15, -0.1) is 0 Å². The van der Waals surface area contributed by atoms with Crippen LogP contribution in [0.15, 0.2) is 64.2 Å². The Hall–Kier alpha value is -3.94. The van der Waals surface area contributed by atoms with E-state index in [9.17, 15) is 14.4 Å². The number of nitrogens with zero attached hydrogens (tertiary/aromatic N) is 3. The van der Waals surface area contributed by atoms with Gasteiger partial charge in [0.1, 0.15) is 0 Å². The fourth-order valence-corrected chi connectivity index (χ4v) is 3.81. The molecule has 0 aliphatic heterocycles. The van der Waals surface area contributed by atoms with Crippen molar-refractivity contribution in [2.75, 3.05) is 6.54 Å². The molecule has 4 aromatic rings. The van der Waals surface area contributed by atoms with Gasteiger partial charge in [0.15, 0.2) is 0 Å². The van der Waals surface area contributed by atoms with Crippen molar-refractivity contribution in [1.29, 1.82) is 0 Å². The molecule has 0 spiro atoms. The van der Waals surface area contributed by atoms with Crippen molar-refractivity contribution in [3.05, 3.63) is 92.4 Å². The Morgan fingerprint density at radius 1 is 1.06 bits per heavy atom. The number of aromatic nitrogens is 4. The van der Waals surface area contributed by atoms with E-state index in [0.29, 0.717) is 23.9 Å². The first kappa shape index (κ1) is 21.3. The smallest absolute Gasteiger partial charge is 0.328 e. The molecule has 2 aromatic heterocycles. The summed E-state index contributed by atoms with van der Waals surface area (Å²) in [6.45, 7) is 4.68. The molecule has 0 aliphatic rings. The number of rotatable bonds is 7. The highest BCUT2D eigenvalue weighted by atomic mass is 16.2. The lowest BCUT2D eigenvalue weighted by atomic mass is 10.1. The average Bonchev–Trinajstić information content (AvgIpc) is 3.12. The zero-order valence-electron chi connectivity index (χ0n) is 18.1. The molecule has 0 bridgehead atoms. The molecule has 0 aliphatic carbocycles. The maximum absolute atomic E-state index is 12.3. The van der Waals surface area contributed by atoms with E-state index in [1.165, 1.54) is 4.57 Å². The van der Waals surface area contributed by atoms with E-state index in [2.05, 4.69) is 15.4 Å². The lowest BCUT2D eigenvalue weighted by molar-refractivity contribution is -0.121. The van der Waals surface area contributed by atoms with Crippen LogP contribution in [0.5, 0.6) is 0 Å². The predicted octanol–water partition coefficient (Wildman–Crippen LogP) is 2.24. The highest BCUT2D eigenvalue weighted by Crippen LogP contribution is 2.13. The number of carbonyl (C=O) groups excluding carboxylic acids is 1. The first-order chi connectivity index (χ1) is 15.4. The summed E-state index contributed by atoms with van der Waals surface area (Å²) in [6.07, 6.45) is 0.845. The second-order valence-electron chi connectivity index (χ2n) is 7.78. The van der Waals surface area contributed by atoms with Crippen LogP contribution < -0.4 is 16.6 Å². The van der Waals surface area contributed by atoms with Crippen molar-refractivity contribution in [1.82, 2.24) is 24.6 Å². The minimum atomic E-state index is -0.510. The Balaban J connectivity index is 1.32. The van der Waals surface area contributed by atoms with E-state index in [4.69, 9.17) is 0 Å². The lowest BCUT2D eigenvalue weighted by Gasteiger charge is -2.10. The summed E-state index contributed by atoms with van der Waals surface area (Å²) in [5.74, 6) is -0.147. The van der Waals surface area contributed by atoms with Crippen molar-refractivity contribution in [3.63, 3.8) is 0 Å². The third-order valence-corrected chi connectivity index (χ3v) is 5.39. The minimum absolute atomic E-state index is 0.146. The van der Waals surface area contributed by atoms with Gasteiger partial charge in [-0.2, -0.15) is 5.10 Å². The zero-order valence-corrected chi connectivity index (χ0v) is 18.1. The summed E-state index contributed by atoms with van der Waals surface area (Å²) in [4.78, 5) is 38.7. The Labute approximate surface area is 184 Å². The number of H-pyrrole nitrogens is 1. The molecule has 1 amide bonds. The van der Waals surface area contributed by atoms with Gasteiger partial charge in [0, 0.05) is 25.2 Å². The standard InChI is InChI=1S/C24H25N5O3/c1-16-15-17(2)29(27-16)19-9-7-18(8-10-19)11-13-25-22(30)12-14-28-21-6-4-3-5-20(21)23(31)26-24(28)32/h3-10,15H,11-14H2,1-2H3,(H,25,30)(H,26,31,32). The van der Waals surface area contributed by atoms with E-state index < -0.39 is 11.2 Å². The molecular formula is C24H25N5O3. The van der Waals surface area contributed by atoms with Gasteiger partial charge in [-0.05, 0) is 56.2 Å². The monoisotopic (exact) mass is 431 g/mol. The van der Waals surface area contributed by atoms with Crippen LogP contribution in [0.1, 0.15) is 23.4 Å². The highest BCUT2D eigenvalue weighted by molar-refractivity contribution is 5.78. The molecule has 0 saturated heterocycles. The number of aryl methyl sites for hydroxylation is 3. The molecule has 32 heavy (non-hydrogen) atoms. The number of hydrogen-bond acceptors (Lipinski definition) is 4. The van der Waals surface area contributed by atoms with Crippen molar-refractivity contribution in [2.45, 2.75) is 33.2 Å². The SMILES string of the molecule is Cc1cc(C)n(-c2ccc(CCNC(=O)CCn3c(=O)[nH]c(=O)c4ccccc43)cc2)n1. The fraction of sp³-hybridized carbons (Fsp3) is 0.250. The molecule has 164 valence electrons. The normalized spacial score (nSPS) is 11.1. The molecule has 8 heteroatoms. The summed E-state index contributed by atoms with van der Waals surface area (Å²) in [5.41, 5.74) is 3.76. The molecule has 0 fully saturated rings. The number of para-hydroxylation sites is 1. The van der Waals surface area contributed by atoms with Gasteiger partial charge in [-0.25, -0.2) is 9.48 Å². The Morgan fingerprint density at radius 2 is 1.81 bits per heavy atom. The van der Waals surface area contributed by atoms with Crippen molar-refractivity contribution in [3.8, 4) is 5.69 Å². The van der Waals surface area contributed by atoms with Gasteiger partial charge in [-0.3, -0.25) is 19.1 Å². The number of fused-ring (bicyclic) bond motifs is 1. The first-order valence-corrected chi connectivity index (χ1v) is 10.5. The molecule has 0 atom stereocenters. The first-order valence-electron chi connectivity index (χ1n) is 10.5. The second kappa shape index (κ2) is 9.05. The molecular weight excluding hydrogens is 406 g/mol. The van der Waals surface area contributed by atoms with Gasteiger partial charge in [0.25, 0.3) is 5.56 Å². The molecule has 2 N–H and O–H groups in total. The summed E-state index contributed by atoms with van der Waals surface area (Å²) in [7, 11) is 0. The van der Waals surface area contributed by atoms with E-state index in [1.807, 2.05) is 48.9 Å². The maximum Gasteiger partial charge on any atom is 0.328 e. The van der Waals surface area contributed by atoms with Gasteiger partial charge in [0.05, 0.1) is 22.3 Å².